The largest absolute Gasteiger partial charge is 0.495 e. The van der Waals surface area contributed by atoms with E-state index in [0.29, 0.717) is 37.5 Å². The second-order valence-corrected chi connectivity index (χ2v) is 5.73. The fraction of sp³-hybridized carbons (Fsp3) is 0.316. The van der Waals surface area contributed by atoms with Crippen LogP contribution in [0.3, 0.4) is 0 Å². The lowest BCUT2D eigenvalue weighted by Gasteiger charge is -2.18. The second-order valence-electron chi connectivity index (χ2n) is 5.73. The molecule has 0 saturated heterocycles. The number of ether oxygens (including phenoxy) is 3. The number of carbonyl (C=O) groups is 1. The number of methoxy groups -OCH3 is 1. The molecule has 24 heavy (non-hydrogen) atoms. The first-order chi connectivity index (χ1) is 11.7. The molecule has 5 nitrogen and oxygen atoms in total. The molecule has 126 valence electrons. The van der Waals surface area contributed by atoms with Crippen molar-refractivity contribution < 1.29 is 19.0 Å². The molecule has 0 aliphatic carbocycles. The quantitative estimate of drug-likeness (QED) is 0.915. The van der Waals surface area contributed by atoms with Gasteiger partial charge in [-0.3, -0.25) is 4.79 Å². The third kappa shape index (κ3) is 3.79. The van der Waals surface area contributed by atoms with Crippen LogP contribution in [0, 0.1) is 6.92 Å². The highest BCUT2D eigenvalue weighted by Crippen LogP contribution is 2.31. The number of rotatable bonds is 5. The Morgan fingerprint density at radius 2 is 1.92 bits per heavy atom. The maximum atomic E-state index is 12.2. The van der Waals surface area contributed by atoms with Crippen LogP contribution < -0.4 is 19.5 Å². The molecule has 5 heteroatoms. The van der Waals surface area contributed by atoms with E-state index in [1.54, 1.807) is 7.11 Å². The van der Waals surface area contributed by atoms with Crippen molar-refractivity contribution in [1.82, 2.24) is 0 Å². The molecule has 3 rings (SSSR count). The Labute approximate surface area is 141 Å². The first kappa shape index (κ1) is 16.2. The zero-order chi connectivity index (χ0) is 16.9. The first-order valence-electron chi connectivity index (χ1n) is 7.99. The molecule has 0 saturated carbocycles. The summed E-state index contributed by atoms with van der Waals surface area (Å²) in [6.07, 6.45) is 1.02. The molecule has 0 bridgehead atoms. The maximum Gasteiger partial charge on any atom is 0.224 e. The highest BCUT2D eigenvalue weighted by Gasteiger charge is 2.13. The summed E-state index contributed by atoms with van der Waals surface area (Å²) in [5.74, 6) is 2.13. The Kier molecular flexibility index (Phi) is 4.89. The molecule has 1 N–H and O–H groups in total. The van der Waals surface area contributed by atoms with E-state index in [9.17, 15) is 4.79 Å². The van der Waals surface area contributed by atoms with E-state index in [2.05, 4.69) is 5.32 Å². The average molecular weight is 327 g/mol. The number of benzene rings is 2. The monoisotopic (exact) mass is 327 g/mol. The van der Waals surface area contributed by atoms with Crippen molar-refractivity contribution >= 4 is 11.6 Å². The molecule has 1 amide bonds. The van der Waals surface area contributed by atoms with Gasteiger partial charge in [-0.05, 0) is 48.7 Å². The van der Waals surface area contributed by atoms with Crippen LogP contribution in [0.15, 0.2) is 36.4 Å². The lowest BCUT2D eigenvalue weighted by molar-refractivity contribution is -0.116. The summed E-state index contributed by atoms with van der Waals surface area (Å²) in [4.78, 5) is 12.2. The molecule has 2 aromatic carbocycles. The molecular formula is C19H21NO4. The molecule has 0 aromatic heterocycles. The van der Waals surface area contributed by atoms with Gasteiger partial charge in [0.25, 0.3) is 0 Å². The van der Waals surface area contributed by atoms with Gasteiger partial charge in [0.1, 0.15) is 19.0 Å². The van der Waals surface area contributed by atoms with Crippen LogP contribution in [0.2, 0.25) is 0 Å². The molecular weight excluding hydrogens is 306 g/mol. The summed E-state index contributed by atoms with van der Waals surface area (Å²) in [5, 5.41) is 2.91. The van der Waals surface area contributed by atoms with Crippen LogP contribution in [0.4, 0.5) is 5.69 Å². The van der Waals surface area contributed by atoms with Gasteiger partial charge in [0, 0.05) is 6.42 Å². The Balaban J connectivity index is 1.61. The molecule has 1 aliphatic rings. The number of anilines is 1. The SMILES string of the molecule is COc1ccc(C)cc1NC(=O)CCc1ccc2c(c1)OCCO2. The highest BCUT2D eigenvalue weighted by atomic mass is 16.6. The normalized spacial score (nSPS) is 12.6. The molecule has 1 heterocycles. The lowest BCUT2D eigenvalue weighted by Crippen LogP contribution is -2.16. The van der Waals surface area contributed by atoms with E-state index < -0.39 is 0 Å². The smallest absolute Gasteiger partial charge is 0.224 e. The predicted molar refractivity (Wildman–Crippen MR) is 92.1 cm³/mol. The number of carbonyl (C=O) groups excluding carboxylic acids is 1. The molecule has 0 atom stereocenters. The minimum atomic E-state index is -0.0474. The fourth-order valence-corrected chi connectivity index (χ4v) is 2.63. The van der Waals surface area contributed by atoms with Crippen LogP contribution in [-0.2, 0) is 11.2 Å². The molecule has 0 radical (unpaired) electrons. The van der Waals surface area contributed by atoms with Crippen LogP contribution in [-0.4, -0.2) is 26.2 Å². The van der Waals surface area contributed by atoms with Crippen LogP contribution in [0.5, 0.6) is 17.2 Å². The van der Waals surface area contributed by atoms with Gasteiger partial charge in [-0.2, -0.15) is 0 Å². The summed E-state index contributed by atoms with van der Waals surface area (Å²) in [5.41, 5.74) is 2.81. The van der Waals surface area contributed by atoms with Crippen LogP contribution >= 0.6 is 0 Å². The Bertz CT molecular complexity index is 742. The van der Waals surface area contributed by atoms with Crippen molar-refractivity contribution in [3.63, 3.8) is 0 Å². The number of amides is 1. The minimum Gasteiger partial charge on any atom is -0.495 e. The highest BCUT2D eigenvalue weighted by molar-refractivity contribution is 5.92. The van der Waals surface area contributed by atoms with Gasteiger partial charge < -0.3 is 19.5 Å². The first-order valence-corrected chi connectivity index (χ1v) is 7.99. The van der Waals surface area contributed by atoms with Crippen molar-refractivity contribution in [1.29, 1.82) is 0 Å². The van der Waals surface area contributed by atoms with Gasteiger partial charge in [0.15, 0.2) is 11.5 Å². The molecule has 0 unspecified atom stereocenters. The van der Waals surface area contributed by atoms with Crippen molar-refractivity contribution in [2.75, 3.05) is 25.6 Å². The van der Waals surface area contributed by atoms with E-state index in [1.807, 2.05) is 43.3 Å². The predicted octanol–water partition coefficient (Wildman–Crippen LogP) is 3.35. The number of hydrogen-bond donors (Lipinski definition) is 1. The summed E-state index contributed by atoms with van der Waals surface area (Å²) in [6.45, 7) is 3.11. The Morgan fingerprint density at radius 3 is 2.71 bits per heavy atom. The molecule has 2 aromatic rings. The fourth-order valence-electron chi connectivity index (χ4n) is 2.63. The standard InChI is InChI=1S/C19H21NO4/c1-13-3-6-16(22-2)15(11-13)20-19(21)8-5-14-4-7-17-18(12-14)24-10-9-23-17/h3-4,6-7,11-12H,5,8-10H2,1-2H3,(H,20,21). The van der Waals surface area contributed by atoms with Crippen molar-refractivity contribution in [3.8, 4) is 17.2 Å². The number of fused-ring (bicyclic) bond motifs is 1. The van der Waals surface area contributed by atoms with Crippen LogP contribution in [0.1, 0.15) is 17.5 Å². The number of aryl methyl sites for hydroxylation is 2. The Morgan fingerprint density at radius 1 is 1.12 bits per heavy atom. The summed E-state index contributed by atoms with van der Waals surface area (Å²) >= 11 is 0. The van der Waals surface area contributed by atoms with Gasteiger partial charge in [-0.25, -0.2) is 0 Å². The lowest BCUT2D eigenvalue weighted by atomic mass is 10.1. The number of nitrogens with one attached hydrogen (secondary N) is 1. The third-order valence-electron chi connectivity index (χ3n) is 3.88. The zero-order valence-electron chi connectivity index (χ0n) is 13.9. The summed E-state index contributed by atoms with van der Waals surface area (Å²) in [6, 6.07) is 11.5. The van der Waals surface area contributed by atoms with E-state index in [1.165, 1.54) is 0 Å². The van der Waals surface area contributed by atoms with Gasteiger partial charge in [0.2, 0.25) is 5.91 Å². The van der Waals surface area contributed by atoms with Gasteiger partial charge >= 0.3 is 0 Å². The van der Waals surface area contributed by atoms with E-state index in [-0.39, 0.29) is 5.91 Å². The van der Waals surface area contributed by atoms with Gasteiger partial charge in [0.05, 0.1) is 12.8 Å². The summed E-state index contributed by atoms with van der Waals surface area (Å²) < 4.78 is 16.4. The number of hydrogen-bond acceptors (Lipinski definition) is 4. The Hall–Kier alpha value is -2.69. The van der Waals surface area contributed by atoms with Crippen LogP contribution in [0.25, 0.3) is 0 Å². The van der Waals surface area contributed by atoms with E-state index in [4.69, 9.17) is 14.2 Å². The third-order valence-corrected chi connectivity index (χ3v) is 3.88. The van der Waals surface area contributed by atoms with Gasteiger partial charge in [-0.15, -0.1) is 0 Å². The van der Waals surface area contributed by atoms with Crippen molar-refractivity contribution in [2.45, 2.75) is 19.8 Å². The summed E-state index contributed by atoms with van der Waals surface area (Å²) in [7, 11) is 1.59. The van der Waals surface area contributed by atoms with E-state index >= 15 is 0 Å². The maximum absolute atomic E-state index is 12.2. The molecule has 0 spiro atoms. The van der Waals surface area contributed by atoms with Gasteiger partial charge in [-0.1, -0.05) is 12.1 Å². The van der Waals surface area contributed by atoms with Crippen molar-refractivity contribution in [2.24, 2.45) is 0 Å². The molecule has 1 aliphatic heterocycles. The van der Waals surface area contributed by atoms with E-state index in [0.717, 1.165) is 22.6 Å². The second kappa shape index (κ2) is 7.25. The average Bonchev–Trinajstić information content (AvgIpc) is 2.60. The minimum absolute atomic E-state index is 0.0474. The molecule has 0 fully saturated rings. The zero-order valence-corrected chi connectivity index (χ0v) is 13.9. The topological polar surface area (TPSA) is 56.8 Å². The van der Waals surface area contributed by atoms with Crippen molar-refractivity contribution in [3.05, 3.63) is 47.5 Å².